The van der Waals surface area contributed by atoms with Crippen LogP contribution in [0, 0.1) is 6.92 Å². The molecule has 0 aliphatic heterocycles. The summed E-state index contributed by atoms with van der Waals surface area (Å²) in [4.78, 5) is 0. The Hall–Kier alpha value is -0.840. The average Bonchev–Trinajstić information content (AvgIpc) is 2.57. The van der Waals surface area contributed by atoms with E-state index in [0.29, 0.717) is 0 Å². The maximum absolute atomic E-state index is 6.02. The second-order valence-corrected chi connectivity index (χ2v) is 5.44. The minimum absolute atomic E-state index is 0.793. The Morgan fingerprint density at radius 1 is 1.41 bits per heavy atom. The number of hydrogen-bond acceptors (Lipinski definition) is 4. The molecule has 5 heteroatoms. The number of anilines is 2. The zero-order chi connectivity index (χ0) is 12.7. The van der Waals surface area contributed by atoms with Gasteiger partial charge in [-0.1, -0.05) is 13.8 Å². The predicted molar refractivity (Wildman–Crippen MR) is 77.8 cm³/mol. The molecule has 0 bridgehead atoms. The first-order valence-corrected chi connectivity index (χ1v) is 7.50. The molecule has 0 spiro atoms. The first-order chi connectivity index (χ1) is 8.20. The lowest BCUT2D eigenvalue weighted by molar-refractivity contribution is 0.602. The number of nitrogens with two attached hydrogens (primary N) is 1. The monoisotopic (exact) mass is 256 g/mol. The molecule has 1 aromatic heterocycles. The Morgan fingerprint density at radius 2 is 2.18 bits per heavy atom. The van der Waals surface area contributed by atoms with Gasteiger partial charge in [0.05, 0.1) is 11.4 Å². The van der Waals surface area contributed by atoms with E-state index in [2.05, 4.69) is 24.3 Å². The third-order valence-electron chi connectivity index (χ3n) is 2.57. The van der Waals surface area contributed by atoms with Crippen molar-refractivity contribution in [2.45, 2.75) is 40.2 Å². The lowest BCUT2D eigenvalue weighted by Crippen LogP contribution is -2.11. The van der Waals surface area contributed by atoms with Gasteiger partial charge in [-0.15, -0.1) is 0 Å². The summed E-state index contributed by atoms with van der Waals surface area (Å²) in [5, 5.41) is 7.85. The van der Waals surface area contributed by atoms with Crippen molar-refractivity contribution in [1.82, 2.24) is 9.78 Å². The van der Waals surface area contributed by atoms with Gasteiger partial charge in [0.15, 0.2) is 0 Å². The van der Waals surface area contributed by atoms with Crippen LogP contribution >= 0.6 is 11.8 Å². The predicted octanol–water partition coefficient (Wildman–Crippen LogP) is 2.74. The Bertz CT molecular complexity index is 335. The molecule has 0 unspecified atom stereocenters. The second kappa shape index (κ2) is 7.48. The molecule has 98 valence electrons. The van der Waals surface area contributed by atoms with Crippen molar-refractivity contribution >= 4 is 23.3 Å². The van der Waals surface area contributed by atoms with E-state index in [9.17, 15) is 0 Å². The highest BCUT2D eigenvalue weighted by Gasteiger charge is 2.10. The van der Waals surface area contributed by atoms with E-state index in [1.807, 2.05) is 23.4 Å². The fourth-order valence-corrected chi connectivity index (χ4v) is 2.32. The summed E-state index contributed by atoms with van der Waals surface area (Å²) in [6, 6.07) is 0. The van der Waals surface area contributed by atoms with E-state index >= 15 is 0 Å². The molecule has 1 rings (SSSR count). The zero-order valence-corrected chi connectivity index (χ0v) is 11.9. The van der Waals surface area contributed by atoms with E-state index in [-0.39, 0.29) is 0 Å². The van der Waals surface area contributed by atoms with Crippen molar-refractivity contribution in [1.29, 1.82) is 0 Å². The number of aromatic nitrogens is 2. The average molecular weight is 256 g/mol. The highest BCUT2D eigenvalue weighted by molar-refractivity contribution is 7.99. The van der Waals surface area contributed by atoms with E-state index in [1.165, 1.54) is 11.5 Å². The molecule has 3 N–H and O–H groups in total. The fraction of sp³-hybridized carbons (Fsp3) is 0.750. The molecule has 0 amide bonds. The summed E-state index contributed by atoms with van der Waals surface area (Å²) in [6.45, 7) is 8.18. The van der Waals surface area contributed by atoms with Gasteiger partial charge in [-0.05, 0) is 31.3 Å². The largest absolute Gasteiger partial charge is 0.394 e. The van der Waals surface area contributed by atoms with Gasteiger partial charge in [0.1, 0.15) is 5.82 Å². The molecular formula is C12H24N4S. The summed E-state index contributed by atoms with van der Waals surface area (Å²) in [5.41, 5.74) is 7.74. The quantitative estimate of drug-likeness (QED) is 0.702. The molecule has 0 aliphatic carbocycles. The molecule has 1 aromatic rings. The second-order valence-electron chi connectivity index (χ2n) is 4.05. The lowest BCUT2D eigenvalue weighted by Gasteiger charge is -2.09. The van der Waals surface area contributed by atoms with Crippen molar-refractivity contribution in [3.05, 3.63) is 5.69 Å². The van der Waals surface area contributed by atoms with Crippen LogP contribution in [-0.4, -0.2) is 27.8 Å². The summed E-state index contributed by atoms with van der Waals surface area (Å²) in [7, 11) is 0. The molecule has 1 heterocycles. The first kappa shape index (κ1) is 14.2. The van der Waals surface area contributed by atoms with Gasteiger partial charge in [0.2, 0.25) is 0 Å². The van der Waals surface area contributed by atoms with Crippen molar-refractivity contribution < 1.29 is 0 Å². The molecule has 0 aliphatic rings. The molecule has 0 aromatic carbocycles. The Balaban J connectivity index is 2.50. The summed E-state index contributed by atoms with van der Waals surface area (Å²) >= 11 is 1.97. The highest BCUT2D eigenvalue weighted by Crippen LogP contribution is 2.22. The van der Waals surface area contributed by atoms with Crippen LogP contribution in [0.2, 0.25) is 0 Å². The van der Waals surface area contributed by atoms with Crippen LogP contribution in [0.25, 0.3) is 0 Å². The zero-order valence-electron chi connectivity index (χ0n) is 11.1. The molecule has 0 atom stereocenters. The molecule has 4 nitrogen and oxygen atoms in total. The molecule has 0 saturated heterocycles. The van der Waals surface area contributed by atoms with Crippen molar-refractivity contribution in [2.24, 2.45) is 0 Å². The van der Waals surface area contributed by atoms with Gasteiger partial charge in [0, 0.05) is 13.1 Å². The minimum Gasteiger partial charge on any atom is -0.394 e. The first-order valence-electron chi connectivity index (χ1n) is 6.35. The van der Waals surface area contributed by atoms with Crippen molar-refractivity contribution in [3.63, 3.8) is 0 Å². The van der Waals surface area contributed by atoms with Crippen LogP contribution in [0.4, 0.5) is 11.5 Å². The van der Waals surface area contributed by atoms with Crippen molar-refractivity contribution in [3.8, 4) is 0 Å². The Morgan fingerprint density at radius 3 is 2.82 bits per heavy atom. The number of hydrogen-bond donors (Lipinski definition) is 2. The van der Waals surface area contributed by atoms with Gasteiger partial charge in [-0.2, -0.15) is 16.9 Å². The topological polar surface area (TPSA) is 55.9 Å². The summed E-state index contributed by atoms with van der Waals surface area (Å²) in [5.74, 6) is 3.38. The summed E-state index contributed by atoms with van der Waals surface area (Å²) in [6.07, 6.45) is 2.23. The van der Waals surface area contributed by atoms with E-state index in [1.54, 1.807) is 0 Å². The van der Waals surface area contributed by atoms with Crippen LogP contribution in [0.3, 0.4) is 0 Å². The van der Waals surface area contributed by atoms with Crippen LogP contribution in [0.1, 0.15) is 32.4 Å². The third kappa shape index (κ3) is 4.15. The summed E-state index contributed by atoms with van der Waals surface area (Å²) < 4.78 is 1.98. The molecule has 0 fully saturated rings. The third-order valence-corrected chi connectivity index (χ3v) is 3.56. The molecule has 0 saturated carbocycles. The number of nitrogen functional groups attached to an aromatic ring is 1. The van der Waals surface area contributed by atoms with Crippen LogP contribution in [-0.2, 0) is 6.54 Å². The van der Waals surface area contributed by atoms with E-state index in [0.717, 1.165) is 43.1 Å². The lowest BCUT2D eigenvalue weighted by atomic mass is 10.3. The number of rotatable bonds is 8. The number of nitrogens with zero attached hydrogens (tertiary/aromatic N) is 2. The normalized spacial score (nSPS) is 10.8. The van der Waals surface area contributed by atoms with Crippen LogP contribution < -0.4 is 11.1 Å². The smallest absolute Gasteiger partial charge is 0.148 e. The Labute approximate surface area is 108 Å². The number of thioether (sulfide) groups is 1. The standard InChI is InChI=1S/C12H24N4S/c1-4-8-16-12(11(13)10(3)15-16)14-7-6-9-17-5-2/h14H,4-9,13H2,1-3H3. The Kier molecular flexibility index (Phi) is 6.26. The maximum atomic E-state index is 6.02. The van der Waals surface area contributed by atoms with Gasteiger partial charge in [-0.25, -0.2) is 4.68 Å². The van der Waals surface area contributed by atoms with E-state index in [4.69, 9.17) is 5.73 Å². The van der Waals surface area contributed by atoms with Crippen LogP contribution in [0.15, 0.2) is 0 Å². The van der Waals surface area contributed by atoms with Gasteiger partial charge < -0.3 is 11.1 Å². The van der Waals surface area contributed by atoms with Crippen molar-refractivity contribution in [2.75, 3.05) is 29.1 Å². The van der Waals surface area contributed by atoms with E-state index < -0.39 is 0 Å². The molecule has 17 heavy (non-hydrogen) atoms. The van der Waals surface area contributed by atoms with Gasteiger partial charge in [-0.3, -0.25) is 0 Å². The highest BCUT2D eigenvalue weighted by atomic mass is 32.2. The SMILES string of the molecule is CCCn1nc(C)c(N)c1NCCCSCC. The molecular weight excluding hydrogens is 232 g/mol. The number of nitrogens with one attached hydrogen (secondary N) is 1. The van der Waals surface area contributed by atoms with Gasteiger partial charge >= 0.3 is 0 Å². The maximum Gasteiger partial charge on any atom is 0.148 e. The fourth-order valence-electron chi connectivity index (χ4n) is 1.68. The number of aryl methyl sites for hydroxylation is 2. The molecule has 0 radical (unpaired) electrons. The minimum atomic E-state index is 0.793. The van der Waals surface area contributed by atoms with Gasteiger partial charge in [0.25, 0.3) is 0 Å². The van der Waals surface area contributed by atoms with Crippen LogP contribution in [0.5, 0.6) is 0 Å².